The van der Waals surface area contributed by atoms with Gasteiger partial charge in [-0.1, -0.05) is 6.92 Å². The molecule has 0 bridgehead atoms. The number of aryl methyl sites for hydroxylation is 1. The predicted molar refractivity (Wildman–Crippen MR) is 66.3 cm³/mol. The van der Waals surface area contributed by atoms with E-state index in [9.17, 15) is 9.18 Å². The van der Waals surface area contributed by atoms with Gasteiger partial charge in [-0.05, 0) is 43.1 Å². The van der Waals surface area contributed by atoms with Gasteiger partial charge in [0, 0.05) is 19.2 Å². The molecular formula is C13H19FN2O. The Hall–Kier alpha value is -1.42. The van der Waals surface area contributed by atoms with Gasteiger partial charge >= 0.3 is 0 Å². The maximum absolute atomic E-state index is 13.1. The lowest BCUT2D eigenvalue weighted by atomic mass is 10.1. The zero-order valence-electron chi connectivity index (χ0n) is 10.5. The Morgan fingerprint density at radius 3 is 2.71 bits per heavy atom. The first-order valence-corrected chi connectivity index (χ1v) is 5.67. The molecule has 2 N–H and O–H groups in total. The van der Waals surface area contributed by atoms with Crippen molar-refractivity contribution >= 4 is 5.91 Å². The third kappa shape index (κ3) is 3.53. The zero-order chi connectivity index (χ0) is 13.0. The van der Waals surface area contributed by atoms with Gasteiger partial charge in [-0.25, -0.2) is 4.39 Å². The van der Waals surface area contributed by atoms with Gasteiger partial charge in [-0.15, -0.1) is 0 Å². The zero-order valence-corrected chi connectivity index (χ0v) is 10.5. The van der Waals surface area contributed by atoms with Gasteiger partial charge in [-0.2, -0.15) is 0 Å². The van der Waals surface area contributed by atoms with Gasteiger partial charge in [0.15, 0.2) is 0 Å². The maximum atomic E-state index is 13.1. The number of hydrogen-bond acceptors (Lipinski definition) is 2. The topological polar surface area (TPSA) is 46.3 Å². The van der Waals surface area contributed by atoms with Gasteiger partial charge in [0.1, 0.15) is 5.82 Å². The van der Waals surface area contributed by atoms with Crippen LogP contribution in [0.2, 0.25) is 0 Å². The summed E-state index contributed by atoms with van der Waals surface area (Å²) in [4.78, 5) is 13.6. The molecule has 0 radical (unpaired) electrons. The number of benzene rings is 1. The molecule has 1 atom stereocenters. The van der Waals surface area contributed by atoms with E-state index in [1.165, 1.54) is 12.1 Å². The number of halogens is 1. The van der Waals surface area contributed by atoms with Crippen molar-refractivity contribution in [2.45, 2.75) is 13.8 Å². The summed E-state index contributed by atoms with van der Waals surface area (Å²) in [5, 5.41) is 0. The number of nitrogens with zero attached hydrogens (tertiary/aromatic N) is 1. The molecule has 0 heterocycles. The third-order valence-electron chi connectivity index (χ3n) is 2.74. The van der Waals surface area contributed by atoms with Crippen LogP contribution >= 0.6 is 0 Å². The molecule has 3 nitrogen and oxygen atoms in total. The van der Waals surface area contributed by atoms with Crippen LogP contribution in [0, 0.1) is 18.7 Å². The van der Waals surface area contributed by atoms with Crippen molar-refractivity contribution in [3.05, 3.63) is 35.1 Å². The number of hydrogen-bond donors (Lipinski definition) is 1. The second-order valence-electron chi connectivity index (χ2n) is 4.49. The van der Waals surface area contributed by atoms with E-state index in [2.05, 4.69) is 0 Å². The number of carbonyl (C=O) groups is 1. The van der Waals surface area contributed by atoms with E-state index in [1.54, 1.807) is 24.9 Å². The molecule has 0 spiro atoms. The van der Waals surface area contributed by atoms with Crippen molar-refractivity contribution < 1.29 is 9.18 Å². The second-order valence-corrected chi connectivity index (χ2v) is 4.49. The minimum atomic E-state index is -0.292. The summed E-state index contributed by atoms with van der Waals surface area (Å²) < 4.78 is 13.1. The lowest BCUT2D eigenvalue weighted by molar-refractivity contribution is 0.0777. The summed E-state index contributed by atoms with van der Waals surface area (Å²) in [5.74, 6) is -0.140. The van der Waals surface area contributed by atoms with Crippen LogP contribution in [-0.2, 0) is 0 Å². The van der Waals surface area contributed by atoms with E-state index in [-0.39, 0.29) is 17.6 Å². The van der Waals surface area contributed by atoms with Crippen LogP contribution in [0.25, 0.3) is 0 Å². The van der Waals surface area contributed by atoms with Crippen molar-refractivity contribution in [3.8, 4) is 0 Å². The number of carbonyl (C=O) groups excluding carboxylic acids is 1. The molecule has 0 aliphatic rings. The highest BCUT2D eigenvalue weighted by molar-refractivity contribution is 5.94. The third-order valence-corrected chi connectivity index (χ3v) is 2.74. The SMILES string of the molecule is Cc1cc(C(=O)N(C)CC(C)CN)ccc1F. The van der Waals surface area contributed by atoms with Gasteiger partial charge in [0.25, 0.3) is 5.91 Å². The average molecular weight is 238 g/mol. The summed E-state index contributed by atoms with van der Waals surface area (Å²) >= 11 is 0. The summed E-state index contributed by atoms with van der Waals surface area (Å²) in [7, 11) is 1.73. The van der Waals surface area contributed by atoms with Crippen molar-refractivity contribution in [3.63, 3.8) is 0 Å². The Labute approximate surface area is 101 Å². The minimum Gasteiger partial charge on any atom is -0.341 e. The van der Waals surface area contributed by atoms with Gasteiger partial charge in [-0.3, -0.25) is 4.79 Å². The van der Waals surface area contributed by atoms with Crippen molar-refractivity contribution in [1.29, 1.82) is 0 Å². The molecule has 1 aromatic rings. The fourth-order valence-electron chi connectivity index (χ4n) is 1.62. The molecule has 0 aliphatic heterocycles. The molecule has 1 amide bonds. The largest absolute Gasteiger partial charge is 0.341 e. The van der Waals surface area contributed by atoms with Gasteiger partial charge in [0.05, 0.1) is 0 Å². The molecule has 0 aliphatic carbocycles. The fraction of sp³-hybridized carbons (Fsp3) is 0.462. The van der Waals surface area contributed by atoms with Crippen LogP contribution in [0.4, 0.5) is 4.39 Å². The molecule has 1 unspecified atom stereocenters. The fourth-order valence-corrected chi connectivity index (χ4v) is 1.62. The van der Waals surface area contributed by atoms with Crippen molar-refractivity contribution in [2.75, 3.05) is 20.1 Å². The lowest BCUT2D eigenvalue weighted by Gasteiger charge is -2.20. The van der Waals surface area contributed by atoms with Crippen LogP contribution in [0.1, 0.15) is 22.8 Å². The quantitative estimate of drug-likeness (QED) is 0.869. The molecule has 1 rings (SSSR count). The molecule has 0 fully saturated rings. The Kier molecular flexibility index (Phi) is 4.63. The van der Waals surface area contributed by atoms with E-state index in [0.717, 1.165) is 0 Å². The van der Waals surface area contributed by atoms with E-state index in [0.29, 0.717) is 24.2 Å². The summed E-state index contributed by atoms with van der Waals surface area (Å²) in [6, 6.07) is 4.40. The standard InChI is InChI=1S/C13H19FN2O/c1-9(7-15)8-16(3)13(17)11-4-5-12(14)10(2)6-11/h4-6,9H,7-8,15H2,1-3H3. The summed E-state index contributed by atoms with van der Waals surface area (Å²) in [6.45, 7) is 4.78. The molecular weight excluding hydrogens is 219 g/mol. The highest BCUT2D eigenvalue weighted by atomic mass is 19.1. The lowest BCUT2D eigenvalue weighted by Crippen LogP contribution is -2.33. The number of amides is 1. The molecule has 0 aromatic heterocycles. The first kappa shape index (κ1) is 13.6. The van der Waals surface area contributed by atoms with Crippen molar-refractivity contribution in [2.24, 2.45) is 11.7 Å². The smallest absolute Gasteiger partial charge is 0.253 e. The highest BCUT2D eigenvalue weighted by Crippen LogP contribution is 2.11. The Morgan fingerprint density at radius 1 is 1.53 bits per heavy atom. The first-order chi connectivity index (χ1) is 7.95. The molecule has 0 saturated heterocycles. The first-order valence-electron chi connectivity index (χ1n) is 5.67. The monoisotopic (exact) mass is 238 g/mol. The maximum Gasteiger partial charge on any atom is 0.253 e. The predicted octanol–water partition coefficient (Wildman–Crippen LogP) is 1.80. The van der Waals surface area contributed by atoms with Crippen molar-refractivity contribution in [1.82, 2.24) is 4.90 Å². The molecule has 1 aromatic carbocycles. The summed E-state index contributed by atoms with van der Waals surface area (Å²) in [5.41, 5.74) is 6.51. The van der Waals surface area contributed by atoms with Gasteiger partial charge in [0.2, 0.25) is 0 Å². The normalized spacial score (nSPS) is 12.3. The van der Waals surface area contributed by atoms with E-state index in [4.69, 9.17) is 5.73 Å². The Balaban J connectivity index is 2.78. The Bertz CT molecular complexity index is 406. The second kappa shape index (κ2) is 5.77. The van der Waals surface area contributed by atoms with Crippen LogP contribution in [0.15, 0.2) is 18.2 Å². The van der Waals surface area contributed by atoms with E-state index >= 15 is 0 Å². The molecule has 17 heavy (non-hydrogen) atoms. The molecule has 94 valence electrons. The highest BCUT2D eigenvalue weighted by Gasteiger charge is 2.14. The molecule has 0 saturated carbocycles. The molecule has 4 heteroatoms. The average Bonchev–Trinajstić information content (AvgIpc) is 2.31. The van der Waals surface area contributed by atoms with Crippen LogP contribution in [-0.4, -0.2) is 30.9 Å². The number of rotatable bonds is 4. The van der Waals surface area contributed by atoms with E-state index < -0.39 is 0 Å². The Morgan fingerprint density at radius 2 is 2.18 bits per heavy atom. The van der Waals surface area contributed by atoms with Crippen LogP contribution < -0.4 is 5.73 Å². The minimum absolute atomic E-state index is 0.103. The number of nitrogens with two attached hydrogens (primary N) is 1. The van der Waals surface area contributed by atoms with Crippen LogP contribution in [0.5, 0.6) is 0 Å². The van der Waals surface area contributed by atoms with E-state index in [1.807, 2.05) is 6.92 Å². The summed E-state index contributed by atoms with van der Waals surface area (Å²) in [6.07, 6.45) is 0. The van der Waals surface area contributed by atoms with Gasteiger partial charge < -0.3 is 10.6 Å². The van der Waals surface area contributed by atoms with Crippen LogP contribution in [0.3, 0.4) is 0 Å².